The first-order chi connectivity index (χ1) is 11.4. The average molecular weight is 340 g/mol. The summed E-state index contributed by atoms with van der Waals surface area (Å²) in [6.45, 7) is 13.2. The lowest BCUT2D eigenvalue weighted by atomic mass is 10.1. The maximum absolute atomic E-state index is 2.36. The van der Waals surface area contributed by atoms with E-state index in [9.17, 15) is 0 Å². The molecule has 0 aliphatic rings. The highest BCUT2D eigenvalue weighted by atomic mass is 32.2. The van der Waals surface area contributed by atoms with E-state index in [0.29, 0.717) is 0 Å². The number of thioether (sulfide) groups is 1. The van der Waals surface area contributed by atoms with Gasteiger partial charge in [-0.1, -0.05) is 57.2 Å². The topological polar surface area (TPSA) is 3.24 Å². The van der Waals surface area contributed by atoms with Gasteiger partial charge in [0, 0.05) is 28.4 Å². The third-order valence-electron chi connectivity index (χ3n) is 3.79. The zero-order valence-corrected chi connectivity index (χ0v) is 16.4. The number of hydrogen-bond acceptors (Lipinski definition) is 2. The van der Waals surface area contributed by atoms with Crippen molar-refractivity contribution in [2.24, 2.45) is 0 Å². The van der Waals surface area contributed by atoms with Crippen molar-refractivity contribution in [3.8, 4) is 0 Å². The van der Waals surface area contributed by atoms with Crippen LogP contribution in [0.4, 0.5) is 5.69 Å². The standard InChI is InChI=1S/C22H29NS/c1-6-23(7-2)20-14-10-18(11-15-20)8-9-19-12-16-21(17-13-19)24-22(3,4)5/h8-17H,6-7H2,1-5H3/b9-8+. The minimum atomic E-state index is 0.254. The molecule has 0 atom stereocenters. The molecule has 0 fully saturated rings. The molecule has 2 heteroatoms. The monoisotopic (exact) mass is 339 g/mol. The van der Waals surface area contributed by atoms with E-state index in [-0.39, 0.29) is 4.75 Å². The Morgan fingerprint density at radius 2 is 1.25 bits per heavy atom. The van der Waals surface area contributed by atoms with Crippen molar-refractivity contribution in [2.75, 3.05) is 18.0 Å². The Bertz CT molecular complexity index is 644. The minimum Gasteiger partial charge on any atom is -0.372 e. The van der Waals surface area contributed by atoms with Crippen LogP contribution < -0.4 is 4.90 Å². The van der Waals surface area contributed by atoms with Gasteiger partial charge in [-0.05, 0) is 49.2 Å². The van der Waals surface area contributed by atoms with Crippen LogP contribution in [-0.2, 0) is 0 Å². The minimum absolute atomic E-state index is 0.254. The zero-order chi connectivity index (χ0) is 17.6. The molecule has 0 saturated heterocycles. The van der Waals surface area contributed by atoms with Gasteiger partial charge in [0.05, 0.1) is 0 Å². The van der Waals surface area contributed by atoms with Crippen molar-refractivity contribution in [1.82, 2.24) is 0 Å². The van der Waals surface area contributed by atoms with Crippen molar-refractivity contribution in [3.05, 3.63) is 59.7 Å². The summed E-state index contributed by atoms with van der Waals surface area (Å²) in [4.78, 5) is 3.68. The van der Waals surface area contributed by atoms with Crippen LogP contribution in [0.1, 0.15) is 45.7 Å². The Morgan fingerprint density at radius 3 is 1.67 bits per heavy atom. The molecule has 0 radical (unpaired) electrons. The van der Waals surface area contributed by atoms with E-state index in [2.05, 4.69) is 100 Å². The number of rotatable bonds is 6. The fourth-order valence-corrected chi connectivity index (χ4v) is 3.56. The highest BCUT2D eigenvalue weighted by molar-refractivity contribution is 8.00. The molecule has 0 bridgehead atoms. The summed E-state index contributed by atoms with van der Waals surface area (Å²) < 4.78 is 0.254. The predicted octanol–water partition coefficient (Wildman–Crippen LogP) is 6.59. The molecule has 0 saturated carbocycles. The third kappa shape index (κ3) is 5.76. The molecule has 2 rings (SSSR count). The molecule has 1 nitrogen and oxygen atoms in total. The smallest absolute Gasteiger partial charge is 0.0366 e. The molecule has 2 aromatic carbocycles. The van der Waals surface area contributed by atoms with Crippen LogP contribution in [0, 0.1) is 0 Å². The lowest BCUT2D eigenvalue weighted by Gasteiger charge is -2.20. The van der Waals surface area contributed by atoms with Gasteiger partial charge in [-0.2, -0.15) is 0 Å². The van der Waals surface area contributed by atoms with E-state index < -0.39 is 0 Å². The molecule has 0 N–H and O–H groups in total. The van der Waals surface area contributed by atoms with Crippen molar-refractivity contribution >= 4 is 29.6 Å². The van der Waals surface area contributed by atoms with Gasteiger partial charge in [0.15, 0.2) is 0 Å². The molecular formula is C22H29NS. The predicted molar refractivity (Wildman–Crippen MR) is 111 cm³/mol. The van der Waals surface area contributed by atoms with Crippen molar-refractivity contribution in [1.29, 1.82) is 0 Å². The van der Waals surface area contributed by atoms with Crippen molar-refractivity contribution in [3.63, 3.8) is 0 Å². The Labute approximate surface area is 151 Å². The fraction of sp³-hybridized carbons (Fsp3) is 0.364. The van der Waals surface area contributed by atoms with Crippen LogP contribution in [0.25, 0.3) is 12.2 Å². The van der Waals surface area contributed by atoms with Crippen molar-refractivity contribution in [2.45, 2.75) is 44.3 Å². The van der Waals surface area contributed by atoms with Gasteiger partial charge in [0.25, 0.3) is 0 Å². The first kappa shape index (κ1) is 18.7. The molecule has 2 aromatic rings. The van der Waals surface area contributed by atoms with Gasteiger partial charge >= 0.3 is 0 Å². The molecule has 0 unspecified atom stereocenters. The summed E-state index contributed by atoms with van der Waals surface area (Å²) in [5.41, 5.74) is 3.76. The van der Waals surface area contributed by atoms with Gasteiger partial charge in [-0.15, -0.1) is 11.8 Å². The number of benzene rings is 2. The highest BCUT2D eigenvalue weighted by Gasteiger charge is 2.11. The van der Waals surface area contributed by atoms with Gasteiger partial charge < -0.3 is 4.90 Å². The molecule has 128 valence electrons. The molecule has 0 spiro atoms. The van der Waals surface area contributed by atoms with Gasteiger partial charge in [0.1, 0.15) is 0 Å². The van der Waals surface area contributed by atoms with E-state index >= 15 is 0 Å². The quantitative estimate of drug-likeness (QED) is 0.431. The lowest BCUT2D eigenvalue weighted by Crippen LogP contribution is -2.21. The van der Waals surface area contributed by atoms with Crippen LogP contribution in [-0.4, -0.2) is 17.8 Å². The zero-order valence-electron chi connectivity index (χ0n) is 15.5. The Balaban J connectivity index is 2.02. The summed E-state index contributed by atoms with van der Waals surface area (Å²) in [6.07, 6.45) is 4.36. The molecule has 24 heavy (non-hydrogen) atoms. The van der Waals surface area contributed by atoms with Gasteiger partial charge in [-0.25, -0.2) is 0 Å². The van der Waals surface area contributed by atoms with E-state index in [1.165, 1.54) is 21.7 Å². The summed E-state index contributed by atoms with van der Waals surface area (Å²) in [5, 5.41) is 0. The number of nitrogens with zero attached hydrogens (tertiary/aromatic N) is 1. The number of hydrogen-bond donors (Lipinski definition) is 0. The molecule has 0 heterocycles. The van der Waals surface area contributed by atoms with Gasteiger partial charge in [-0.3, -0.25) is 0 Å². The first-order valence-corrected chi connectivity index (χ1v) is 9.55. The summed E-state index contributed by atoms with van der Waals surface area (Å²) in [7, 11) is 0. The van der Waals surface area contributed by atoms with Crippen LogP contribution in [0.2, 0.25) is 0 Å². The largest absolute Gasteiger partial charge is 0.372 e. The van der Waals surface area contributed by atoms with Gasteiger partial charge in [0.2, 0.25) is 0 Å². The average Bonchev–Trinajstić information content (AvgIpc) is 2.55. The number of anilines is 1. The Hall–Kier alpha value is -1.67. The van der Waals surface area contributed by atoms with E-state index in [4.69, 9.17) is 0 Å². The second-order valence-corrected chi connectivity index (χ2v) is 8.78. The van der Waals surface area contributed by atoms with Crippen LogP contribution in [0.3, 0.4) is 0 Å². The molecule has 0 aliphatic carbocycles. The molecule has 0 aliphatic heterocycles. The lowest BCUT2D eigenvalue weighted by molar-refractivity contribution is 0.803. The second-order valence-electron chi connectivity index (χ2n) is 6.88. The SMILES string of the molecule is CCN(CC)c1ccc(/C=C/c2ccc(SC(C)(C)C)cc2)cc1. The van der Waals surface area contributed by atoms with E-state index in [1.807, 2.05) is 11.8 Å². The fourth-order valence-electron chi connectivity index (χ4n) is 2.58. The third-order valence-corrected chi connectivity index (χ3v) is 4.91. The molecule has 0 aromatic heterocycles. The maximum atomic E-state index is 2.36. The van der Waals surface area contributed by atoms with E-state index in [0.717, 1.165) is 13.1 Å². The van der Waals surface area contributed by atoms with Crippen LogP contribution >= 0.6 is 11.8 Å². The summed E-state index contributed by atoms with van der Waals surface area (Å²) in [5.74, 6) is 0. The molecular weight excluding hydrogens is 310 g/mol. The molecule has 0 amide bonds. The first-order valence-electron chi connectivity index (χ1n) is 8.73. The normalized spacial score (nSPS) is 11.9. The second kappa shape index (κ2) is 8.43. The maximum Gasteiger partial charge on any atom is 0.0366 e. The summed E-state index contributed by atoms with van der Waals surface area (Å²) >= 11 is 1.90. The van der Waals surface area contributed by atoms with Crippen LogP contribution in [0.15, 0.2) is 53.4 Å². The Kier molecular flexibility index (Phi) is 6.56. The van der Waals surface area contributed by atoms with Crippen LogP contribution in [0.5, 0.6) is 0 Å². The summed E-state index contributed by atoms with van der Waals surface area (Å²) in [6, 6.07) is 17.6. The van der Waals surface area contributed by atoms with E-state index in [1.54, 1.807) is 0 Å². The Morgan fingerprint density at radius 1 is 0.792 bits per heavy atom. The van der Waals surface area contributed by atoms with Crippen molar-refractivity contribution < 1.29 is 0 Å². The highest BCUT2D eigenvalue weighted by Crippen LogP contribution is 2.31.